The monoisotopic (exact) mass is 282 g/mol. The summed E-state index contributed by atoms with van der Waals surface area (Å²) in [5.41, 5.74) is 5.85. The average Bonchev–Trinajstić information content (AvgIpc) is 2.41. The molecule has 0 saturated carbocycles. The number of aromatic nitrogens is 1. The van der Waals surface area contributed by atoms with Crippen LogP contribution >= 0.6 is 11.6 Å². The Bertz CT molecular complexity index is 472. The topological polar surface area (TPSA) is 62.5 Å². The van der Waals surface area contributed by atoms with E-state index >= 15 is 0 Å². The molecule has 1 aromatic heterocycles. The summed E-state index contributed by atoms with van der Waals surface area (Å²) in [7, 11) is 3.90. The highest BCUT2D eigenvalue weighted by Crippen LogP contribution is 2.20. The number of carbonyl (C=O) groups excluding carboxylic acids is 1. The fraction of sp³-hybridized carbons (Fsp3) is 0.538. The minimum Gasteiger partial charge on any atom is -0.384 e. The summed E-state index contributed by atoms with van der Waals surface area (Å²) in [6, 6.07) is 3.44. The smallest absolute Gasteiger partial charge is 0.274 e. The van der Waals surface area contributed by atoms with Crippen molar-refractivity contribution >= 4 is 23.3 Å². The second-order valence-electron chi connectivity index (χ2n) is 5.02. The van der Waals surface area contributed by atoms with Crippen molar-refractivity contribution in [1.29, 1.82) is 0 Å². The summed E-state index contributed by atoms with van der Waals surface area (Å²) in [4.78, 5) is 20.5. The second kappa shape index (κ2) is 5.75. The molecule has 0 spiro atoms. The van der Waals surface area contributed by atoms with E-state index in [1.807, 2.05) is 0 Å². The molecule has 19 heavy (non-hydrogen) atoms. The van der Waals surface area contributed by atoms with E-state index in [-0.39, 0.29) is 17.6 Å². The van der Waals surface area contributed by atoms with Gasteiger partial charge in [-0.3, -0.25) is 4.79 Å². The summed E-state index contributed by atoms with van der Waals surface area (Å²) in [5.74, 6) is 0.149. The lowest BCUT2D eigenvalue weighted by atomic mass is 10.0. The molecule has 104 valence electrons. The van der Waals surface area contributed by atoms with Crippen LogP contribution in [0.2, 0.25) is 5.02 Å². The highest BCUT2D eigenvalue weighted by atomic mass is 35.5. The van der Waals surface area contributed by atoms with E-state index in [9.17, 15) is 4.79 Å². The summed E-state index contributed by atoms with van der Waals surface area (Å²) in [5, 5.41) is 0.346. The maximum absolute atomic E-state index is 12.4. The third-order valence-electron chi connectivity index (χ3n) is 3.63. The minimum absolute atomic E-state index is 0.160. The van der Waals surface area contributed by atoms with E-state index in [0.29, 0.717) is 10.8 Å². The molecule has 0 radical (unpaired) electrons. The Kier molecular flexibility index (Phi) is 4.27. The first-order chi connectivity index (χ1) is 8.99. The van der Waals surface area contributed by atoms with Gasteiger partial charge in [-0.25, -0.2) is 4.98 Å². The van der Waals surface area contributed by atoms with Crippen LogP contribution in [0.3, 0.4) is 0 Å². The van der Waals surface area contributed by atoms with E-state index in [2.05, 4.69) is 16.9 Å². The summed E-state index contributed by atoms with van der Waals surface area (Å²) >= 11 is 6.02. The molecule has 2 rings (SSSR count). The Balaban J connectivity index is 2.12. The number of hydrogen-bond acceptors (Lipinski definition) is 4. The molecule has 0 unspecified atom stereocenters. The zero-order valence-electron chi connectivity index (χ0n) is 11.3. The zero-order valence-corrected chi connectivity index (χ0v) is 12.0. The predicted octanol–water partition coefficient (Wildman–Crippen LogP) is 1.48. The van der Waals surface area contributed by atoms with Crippen LogP contribution in [0.15, 0.2) is 12.1 Å². The normalized spacial score (nSPS) is 17.4. The number of nitrogen functional groups attached to an aromatic ring is 1. The average molecular weight is 283 g/mol. The first kappa shape index (κ1) is 14.1. The van der Waals surface area contributed by atoms with Gasteiger partial charge in [0, 0.05) is 13.1 Å². The SMILES string of the molecule is CN1CCC(N(C)C(=O)c2nc(N)ccc2Cl)CC1. The molecule has 2 N–H and O–H groups in total. The predicted molar refractivity (Wildman–Crippen MR) is 76.3 cm³/mol. The van der Waals surface area contributed by atoms with Crippen LogP contribution < -0.4 is 5.73 Å². The van der Waals surface area contributed by atoms with Crippen molar-refractivity contribution < 1.29 is 4.79 Å². The van der Waals surface area contributed by atoms with Crippen molar-refractivity contribution in [3.63, 3.8) is 0 Å². The lowest BCUT2D eigenvalue weighted by Crippen LogP contribution is -2.44. The number of piperidine rings is 1. The number of halogens is 1. The first-order valence-corrected chi connectivity index (χ1v) is 6.74. The molecule has 1 aliphatic rings. The fourth-order valence-electron chi connectivity index (χ4n) is 2.32. The number of pyridine rings is 1. The van der Waals surface area contributed by atoms with E-state index < -0.39 is 0 Å². The number of nitrogens with zero attached hydrogens (tertiary/aromatic N) is 3. The van der Waals surface area contributed by atoms with Crippen LogP contribution in [0.5, 0.6) is 0 Å². The number of likely N-dealkylation sites (tertiary alicyclic amines) is 1. The van der Waals surface area contributed by atoms with Gasteiger partial charge in [0.05, 0.1) is 5.02 Å². The molecule has 0 aliphatic carbocycles. The summed E-state index contributed by atoms with van der Waals surface area (Å²) in [6.45, 7) is 2.00. The molecule has 0 atom stereocenters. The third kappa shape index (κ3) is 3.16. The maximum atomic E-state index is 12.4. The van der Waals surface area contributed by atoms with E-state index in [1.165, 1.54) is 0 Å². The van der Waals surface area contributed by atoms with Crippen LogP contribution in [-0.4, -0.2) is 53.9 Å². The van der Waals surface area contributed by atoms with Crippen molar-refractivity contribution in [2.24, 2.45) is 0 Å². The quantitative estimate of drug-likeness (QED) is 0.893. The van der Waals surface area contributed by atoms with Crippen molar-refractivity contribution in [2.75, 3.05) is 32.9 Å². The van der Waals surface area contributed by atoms with Crippen LogP contribution in [-0.2, 0) is 0 Å². The molecular formula is C13H19ClN4O. The van der Waals surface area contributed by atoms with Crippen LogP contribution in [0.1, 0.15) is 23.3 Å². The van der Waals surface area contributed by atoms with E-state index in [0.717, 1.165) is 25.9 Å². The Morgan fingerprint density at radius 3 is 2.74 bits per heavy atom. The highest BCUT2D eigenvalue weighted by molar-refractivity contribution is 6.33. The third-order valence-corrected chi connectivity index (χ3v) is 3.93. The van der Waals surface area contributed by atoms with Gasteiger partial charge in [0.1, 0.15) is 11.5 Å². The van der Waals surface area contributed by atoms with Crippen molar-refractivity contribution in [2.45, 2.75) is 18.9 Å². The summed E-state index contributed by atoms with van der Waals surface area (Å²) in [6.07, 6.45) is 1.94. The van der Waals surface area contributed by atoms with Crippen molar-refractivity contribution in [1.82, 2.24) is 14.8 Å². The van der Waals surface area contributed by atoms with Gasteiger partial charge >= 0.3 is 0 Å². The van der Waals surface area contributed by atoms with Gasteiger partial charge < -0.3 is 15.5 Å². The molecular weight excluding hydrogens is 264 g/mol. The Morgan fingerprint density at radius 2 is 2.11 bits per heavy atom. The number of carbonyl (C=O) groups is 1. The number of amides is 1. The largest absolute Gasteiger partial charge is 0.384 e. The molecule has 1 amide bonds. The molecule has 0 aromatic carbocycles. The fourth-order valence-corrected chi connectivity index (χ4v) is 2.51. The standard InChI is InChI=1S/C13H19ClN4O/c1-17-7-5-9(6-8-17)18(2)13(19)12-10(14)3-4-11(15)16-12/h3-4,9H,5-8H2,1-2H3,(H2,15,16). The van der Waals surface area contributed by atoms with Crippen molar-refractivity contribution in [3.8, 4) is 0 Å². The Morgan fingerprint density at radius 1 is 1.47 bits per heavy atom. The van der Waals surface area contributed by atoms with Gasteiger partial charge in [0.15, 0.2) is 0 Å². The first-order valence-electron chi connectivity index (χ1n) is 6.36. The number of anilines is 1. The van der Waals surface area contributed by atoms with Crippen molar-refractivity contribution in [3.05, 3.63) is 22.8 Å². The molecule has 2 heterocycles. The Labute approximate surface area is 118 Å². The van der Waals surface area contributed by atoms with E-state index in [1.54, 1.807) is 24.1 Å². The molecule has 0 bridgehead atoms. The zero-order chi connectivity index (χ0) is 14.0. The lowest BCUT2D eigenvalue weighted by Gasteiger charge is -2.35. The second-order valence-corrected chi connectivity index (χ2v) is 5.42. The maximum Gasteiger partial charge on any atom is 0.274 e. The van der Waals surface area contributed by atoms with Crippen LogP contribution in [0.4, 0.5) is 5.82 Å². The van der Waals surface area contributed by atoms with Gasteiger partial charge in [-0.1, -0.05) is 11.6 Å². The number of hydrogen-bond donors (Lipinski definition) is 1. The van der Waals surface area contributed by atoms with E-state index in [4.69, 9.17) is 17.3 Å². The molecule has 1 aliphatic heterocycles. The molecule has 1 aromatic rings. The molecule has 1 saturated heterocycles. The Hall–Kier alpha value is -1.33. The van der Waals surface area contributed by atoms with Gasteiger partial charge in [0.2, 0.25) is 0 Å². The summed E-state index contributed by atoms with van der Waals surface area (Å²) < 4.78 is 0. The molecule has 1 fully saturated rings. The number of rotatable bonds is 2. The lowest BCUT2D eigenvalue weighted by molar-refractivity contribution is 0.0654. The van der Waals surface area contributed by atoms with Gasteiger partial charge in [-0.15, -0.1) is 0 Å². The molecule has 6 heteroatoms. The minimum atomic E-state index is -0.160. The highest BCUT2D eigenvalue weighted by Gasteiger charge is 2.26. The van der Waals surface area contributed by atoms with Gasteiger partial charge in [0.25, 0.3) is 5.91 Å². The van der Waals surface area contributed by atoms with Gasteiger partial charge in [-0.05, 0) is 45.1 Å². The number of nitrogens with two attached hydrogens (primary N) is 1. The molecule has 5 nitrogen and oxygen atoms in total. The van der Waals surface area contributed by atoms with Crippen LogP contribution in [0.25, 0.3) is 0 Å². The van der Waals surface area contributed by atoms with Crippen LogP contribution in [0, 0.1) is 0 Å². The van der Waals surface area contributed by atoms with Gasteiger partial charge in [-0.2, -0.15) is 0 Å².